The Labute approximate surface area is 129 Å². The van der Waals surface area contributed by atoms with Crippen LogP contribution in [0.5, 0.6) is 0 Å². The van der Waals surface area contributed by atoms with Crippen LogP contribution in [0, 0.1) is 0 Å². The second kappa shape index (κ2) is 6.43. The number of benzene rings is 2. The van der Waals surface area contributed by atoms with Gasteiger partial charge < -0.3 is 10.4 Å². The number of hydrogen-bond donors (Lipinski definition) is 2. The standard InChI is InChI=1S/C18H19NO3/c1-13(16(20)21)19-17(22)18(2,14-9-5-3-6-10-14)15-11-7-4-8-12-15/h3-13H,1-2H3,(H,19,22)(H,20,21)/t13-/m1/s1. The molecular weight excluding hydrogens is 278 g/mol. The van der Waals surface area contributed by atoms with E-state index in [0.29, 0.717) is 0 Å². The molecule has 0 aliphatic carbocycles. The number of hydrogen-bond acceptors (Lipinski definition) is 2. The van der Waals surface area contributed by atoms with Crippen LogP contribution in [0.1, 0.15) is 25.0 Å². The zero-order valence-electron chi connectivity index (χ0n) is 12.6. The largest absolute Gasteiger partial charge is 0.480 e. The number of amides is 1. The summed E-state index contributed by atoms with van der Waals surface area (Å²) in [4.78, 5) is 23.8. The minimum absolute atomic E-state index is 0.334. The average Bonchev–Trinajstić information content (AvgIpc) is 2.55. The van der Waals surface area contributed by atoms with Gasteiger partial charge in [-0.05, 0) is 25.0 Å². The van der Waals surface area contributed by atoms with Crippen molar-refractivity contribution in [1.29, 1.82) is 0 Å². The highest BCUT2D eigenvalue weighted by molar-refractivity contribution is 5.94. The molecule has 0 bridgehead atoms. The molecule has 0 unspecified atom stereocenters. The molecule has 2 rings (SSSR count). The van der Waals surface area contributed by atoms with Gasteiger partial charge in [-0.3, -0.25) is 9.59 Å². The van der Waals surface area contributed by atoms with Crippen LogP contribution in [0.4, 0.5) is 0 Å². The number of carboxylic acids is 1. The van der Waals surface area contributed by atoms with E-state index in [2.05, 4.69) is 5.32 Å². The molecule has 0 fully saturated rings. The highest BCUT2D eigenvalue weighted by atomic mass is 16.4. The van der Waals surface area contributed by atoms with Crippen molar-refractivity contribution < 1.29 is 14.7 Å². The summed E-state index contributed by atoms with van der Waals surface area (Å²) in [5.41, 5.74) is 0.680. The maximum atomic E-state index is 12.8. The maximum absolute atomic E-state index is 12.8. The Balaban J connectivity index is 2.47. The van der Waals surface area contributed by atoms with Gasteiger partial charge in [-0.25, -0.2) is 0 Å². The van der Waals surface area contributed by atoms with Crippen LogP contribution in [0.3, 0.4) is 0 Å². The fourth-order valence-corrected chi connectivity index (χ4v) is 2.37. The van der Waals surface area contributed by atoms with E-state index in [1.165, 1.54) is 6.92 Å². The minimum atomic E-state index is -1.06. The van der Waals surface area contributed by atoms with Crippen LogP contribution in [0.15, 0.2) is 60.7 Å². The Morgan fingerprint density at radius 1 is 0.955 bits per heavy atom. The summed E-state index contributed by atoms with van der Waals surface area (Å²) in [5, 5.41) is 11.6. The van der Waals surface area contributed by atoms with Crippen molar-refractivity contribution >= 4 is 11.9 Å². The van der Waals surface area contributed by atoms with Crippen LogP contribution in [0.25, 0.3) is 0 Å². The van der Waals surface area contributed by atoms with Gasteiger partial charge in [-0.1, -0.05) is 60.7 Å². The van der Waals surface area contributed by atoms with E-state index in [4.69, 9.17) is 5.11 Å². The zero-order chi connectivity index (χ0) is 16.2. The molecule has 0 aliphatic rings. The van der Waals surface area contributed by atoms with Crippen molar-refractivity contribution in [2.24, 2.45) is 0 Å². The first-order valence-electron chi connectivity index (χ1n) is 7.11. The van der Waals surface area contributed by atoms with Crippen LogP contribution in [0.2, 0.25) is 0 Å². The second-order valence-corrected chi connectivity index (χ2v) is 5.39. The lowest BCUT2D eigenvalue weighted by molar-refractivity contribution is -0.141. The van der Waals surface area contributed by atoms with E-state index < -0.39 is 17.4 Å². The Morgan fingerprint density at radius 2 is 1.36 bits per heavy atom. The molecule has 4 nitrogen and oxygen atoms in total. The van der Waals surface area contributed by atoms with Crippen molar-refractivity contribution in [3.63, 3.8) is 0 Å². The smallest absolute Gasteiger partial charge is 0.325 e. The quantitative estimate of drug-likeness (QED) is 0.891. The van der Waals surface area contributed by atoms with Gasteiger partial charge >= 0.3 is 5.97 Å². The molecule has 2 aromatic carbocycles. The lowest BCUT2D eigenvalue weighted by Crippen LogP contribution is -2.48. The van der Waals surface area contributed by atoms with E-state index in [1.807, 2.05) is 67.6 Å². The monoisotopic (exact) mass is 297 g/mol. The molecule has 0 aromatic heterocycles. The molecule has 0 radical (unpaired) electrons. The first kappa shape index (κ1) is 15.8. The molecule has 2 aromatic rings. The first-order chi connectivity index (χ1) is 10.5. The lowest BCUT2D eigenvalue weighted by Gasteiger charge is -2.30. The van der Waals surface area contributed by atoms with E-state index in [9.17, 15) is 9.59 Å². The van der Waals surface area contributed by atoms with Crippen molar-refractivity contribution in [3.8, 4) is 0 Å². The molecule has 0 saturated carbocycles. The van der Waals surface area contributed by atoms with Gasteiger partial charge in [0.25, 0.3) is 0 Å². The maximum Gasteiger partial charge on any atom is 0.325 e. The van der Waals surface area contributed by atoms with Crippen molar-refractivity contribution in [2.45, 2.75) is 25.3 Å². The van der Waals surface area contributed by atoms with Crippen molar-refractivity contribution in [3.05, 3.63) is 71.8 Å². The van der Waals surface area contributed by atoms with Crippen molar-refractivity contribution in [1.82, 2.24) is 5.32 Å². The number of carbonyl (C=O) groups excluding carboxylic acids is 1. The SMILES string of the molecule is C[C@@H](NC(=O)C(C)(c1ccccc1)c1ccccc1)C(=O)O. The summed E-state index contributed by atoms with van der Waals surface area (Å²) in [6.07, 6.45) is 0. The number of carboxylic acid groups (broad SMARTS) is 1. The second-order valence-electron chi connectivity index (χ2n) is 5.39. The van der Waals surface area contributed by atoms with Crippen LogP contribution in [-0.2, 0) is 15.0 Å². The number of nitrogens with one attached hydrogen (secondary N) is 1. The van der Waals surface area contributed by atoms with Crippen LogP contribution < -0.4 is 5.32 Å². The molecule has 1 amide bonds. The number of carbonyl (C=O) groups is 2. The summed E-state index contributed by atoms with van der Waals surface area (Å²) in [6, 6.07) is 17.8. The normalized spacial score (nSPS) is 12.5. The highest BCUT2D eigenvalue weighted by Gasteiger charge is 2.38. The van der Waals surface area contributed by atoms with Crippen LogP contribution >= 0.6 is 0 Å². The molecule has 22 heavy (non-hydrogen) atoms. The molecule has 0 saturated heterocycles. The minimum Gasteiger partial charge on any atom is -0.480 e. The summed E-state index contributed by atoms with van der Waals surface area (Å²) < 4.78 is 0. The fraction of sp³-hybridized carbons (Fsp3) is 0.222. The molecule has 0 heterocycles. The van der Waals surface area contributed by atoms with Gasteiger partial charge in [0.2, 0.25) is 5.91 Å². The summed E-state index contributed by atoms with van der Waals surface area (Å²) in [7, 11) is 0. The van der Waals surface area contributed by atoms with Crippen molar-refractivity contribution in [2.75, 3.05) is 0 Å². The third kappa shape index (κ3) is 3.01. The molecule has 0 spiro atoms. The number of rotatable bonds is 5. The van der Waals surface area contributed by atoms with Gasteiger partial charge in [-0.15, -0.1) is 0 Å². The number of aliphatic carboxylic acids is 1. The fourth-order valence-electron chi connectivity index (χ4n) is 2.37. The summed E-state index contributed by atoms with van der Waals surface area (Å²) in [5.74, 6) is -1.39. The van der Waals surface area contributed by atoms with Gasteiger partial charge in [-0.2, -0.15) is 0 Å². The summed E-state index contributed by atoms with van der Waals surface area (Å²) >= 11 is 0. The predicted molar refractivity (Wildman–Crippen MR) is 84.6 cm³/mol. The Morgan fingerprint density at radius 3 is 1.73 bits per heavy atom. The molecule has 114 valence electrons. The molecule has 0 aliphatic heterocycles. The molecule has 1 atom stereocenters. The topological polar surface area (TPSA) is 66.4 Å². The Hall–Kier alpha value is -2.62. The molecule has 2 N–H and O–H groups in total. The molecule has 4 heteroatoms. The highest BCUT2D eigenvalue weighted by Crippen LogP contribution is 2.32. The van der Waals surface area contributed by atoms with Gasteiger partial charge in [0.1, 0.15) is 6.04 Å². The van der Waals surface area contributed by atoms with E-state index in [1.54, 1.807) is 0 Å². The first-order valence-corrected chi connectivity index (χ1v) is 7.11. The van der Waals surface area contributed by atoms with Gasteiger partial charge in [0.15, 0.2) is 0 Å². The van der Waals surface area contributed by atoms with Gasteiger partial charge in [0, 0.05) is 0 Å². The third-order valence-corrected chi connectivity index (χ3v) is 3.87. The van der Waals surface area contributed by atoms with Crippen LogP contribution in [-0.4, -0.2) is 23.0 Å². The Kier molecular flexibility index (Phi) is 4.61. The van der Waals surface area contributed by atoms with E-state index >= 15 is 0 Å². The predicted octanol–water partition coefficient (Wildman–Crippen LogP) is 2.58. The summed E-state index contributed by atoms with van der Waals surface area (Å²) in [6.45, 7) is 3.26. The zero-order valence-corrected chi connectivity index (χ0v) is 12.6. The van der Waals surface area contributed by atoms with E-state index in [0.717, 1.165) is 11.1 Å². The van der Waals surface area contributed by atoms with E-state index in [-0.39, 0.29) is 5.91 Å². The lowest BCUT2D eigenvalue weighted by atomic mass is 9.75. The third-order valence-electron chi connectivity index (χ3n) is 3.87. The molecular formula is C18H19NO3. The van der Waals surface area contributed by atoms with Gasteiger partial charge in [0.05, 0.1) is 5.41 Å². The Bertz CT molecular complexity index is 613. The average molecular weight is 297 g/mol.